The van der Waals surface area contributed by atoms with Crippen molar-refractivity contribution in [3.05, 3.63) is 5.51 Å². The molecule has 1 aliphatic heterocycles. The van der Waals surface area contributed by atoms with E-state index in [2.05, 4.69) is 20.8 Å². The number of piperidine rings is 1. The molecule has 0 saturated carbocycles. The number of hydrogen-bond donors (Lipinski definition) is 2. The lowest BCUT2D eigenvalue weighted by molar-refractivity contribution is -0.125. The molecule has 1 fully saturated rings. The number of urea groups is 1. The van der Waals surface area contributed by atoms with Gasteiger partial charge in [0.2, 0.25) is 11.0 Å². The predicted molar refractivity (Wildman–Crippen MR) is 67.3 cm³/mol. The Labute approximate surface area is 109 Å². The van der Waals surface area contributed by atoms with E-state index in [1.54, 1.807) is 17.5 Å². The SMILES string of the molecule is CNC(=O)C1CCN(C(=O)Nc2nncs2)CC1. The Kier molecular flexibility index (Phi) is 4.08. The summed E-state index contributed by atoms with van der Waals surface area (Å²) < 4.78 is 0. The lowest BCUT2D eigenvalue weighted by Gasteiger charge is -2.30. The number of carbonyl (C=O) groups excluding carboxylic acids is 2. The molecule has 7 nitrogen and oxygen atoms in total. The average molecular weight is 269 g/mol. The zero-order valence-corrected chi connectivity index (χ0v) is 10.9. The predicted octanol–water partition coefficient (Wildman–Crippen LogP) is 0.528. The molecule has 0 radical (unpaired) electrons. The summed E-state index contributed by atoms with van der Waals surface area (Å²) in [6.07, 6.45) is 1.40. The van der Waals surface area contributed by atoms with Crippen molar-refractivity contribution in [2.24, 2.45) is 5.92 Å². The maximum Gasteiger partial charge on any atom is 0.323 e. The highest BCUT2D eigenvalue weighted by Crippen LogP contribution is 2.18. The van der Waals surface area contributed by atoms with Crippen LogP contribution in [0.15, 0.2) is 5.51 Å². The number of hydrogen-bond acceptors (Lipinski definition) is 5. The van der Waals surface area contributed by atoms with Gasteiger partial charge in [0.05, 0.1) is 0 Å². The second-order valence-corrected chi connectivity index (χ2v) is 4.88. The number of carbonyl (C=O) groups is 2. The van der Waals surface area contributed by atoms with Crippen molar-refractivity contribution in [1.82, 2.24) is 20.4 Å². The second kappa shape index (κ2) is 5.76. The quantitative estimate of drug-likeness (QED) is 0.819. The molecule has 3 amide bonds. The first-order chi connectivity index (χ1) is 8.70. The van der Waals surface area contributed by atoms with Gasteiger partial charge in [-0.2, -0.15) is 0 Å². The van der Waals surface area contributed by atoms with Gasteiger partial charge in [-0.15, -0.1) is 10.2 Å². The molecule has 1 aliphatic rings. The molecule has 8 heteroatoms. The van der Waals surface area contributed by atoms with Crippen molar-refractivity contribution in [2.45, 2.75) is 12.8 Å². The minimum Gasteiger partial charge on any atom is -0.359 e. The summed E-state index contributed by atoms with van der Waals surface area (Å²) in [6.45, 7) is 1.17. The number of anilines is 1. The Morgan fingerprint density at radius 3 is 2.72 bits per heavy atom. The Morgan fingerprint density at radius 2 is 2.17 bits per heavy atom. The number of aromatic nitrogens is 2. The highest BCUT2D eigenvalue weighted by Gasteiger charge is 2.26. The first kappa shape index (κ1) is 12.7. The molecule has 0 unspecified atom stereocenters. The van der Waals surface area contributed by atoms with Gasteiger partial charge in [-0.1, -0.05) is 11.3 Å². The standard InChI is InChI=1S/C10H15N5O2S/c1-11-8(16)7-2-4-15(5-3-7)10(17)13-9-14-12-6-18-9/h6-7H,2-5H2,1H3,(H,11,16)(H,13,14,17). The van der Waals surface area contributed by atoms with Crippen molar-refractivity contribution in [1.29, 1.82) is 0 Å². The molecule has 0 bridgehead atoms. The van der Waals surface area contributed by atoms with Gasteiger partial charge in [0.1, 0.15) is 5.51 Å². The maximum absolute atomic E-state index is 11.9. The van der Waals surface area contributed by atoms with Crippen molar-refractivity contribution in [2.75, 3.05) is 25.5 Å². The van der Waals surface area contributed by atoms with Crippen LogP contribution in [0.25, 0.3) is 0 Å². The van der Waals surface area contributed by atoms with E-state index in [-0.39, 0.29) is 17.9 Å². The van der Waals surface area contributed by atoms with Crippen LogP contribution in [0.4, 0.5) is 9.93 Å². The molecular weight excluding hydrogens is 254 g/mol. The zero-order valence-electron chi connectivity index (χ0n) is 10.0. The van der Waals surface area contributed by atoms with E-state index in [1.807, 2.05) is 0 Å². The molecule has 2 N–H and O–H groups in total. The van der Waals surface area contributed by atoms with Crippen LogP contribution in [0.2, 0.25) is 0 Å². The minimum absolute atomic E-state index is 0.0144. The molecule has 0 spiro atoms. The molecule has 18 heavy (non-hydrogen) atoms. The highest BCUT2D eigenvalue weighted by molar-refractivity contribution is 7.13. The lowest BCUT2D eigenvalue weighted by Crippen LogP contribution is -2.44. The van der Waals surface area contributed by atoms with Crippen molar-refractivity contribution in [3.63, 3.8) is 0 Å². The van der Waals surface area contributed by atoms with Crippen LogP contribution in [-0.4, -0.2) is 47.2 Å². The highest BCUT2D eigenvalue weighted by atomic mass is 32.1. The Morgan fingerprint density at radius 1 is 1.44 bits per heavy atom. The van der Waals surface area contributed by atoms with Crippen LogP contribution in [0.1, 0.15) is 12.8 Å². The summed E-state index contributed by atoms with van der Waals surface area (Å²) in [5.74, 6) is 0.0692. The van der Waals surface area contributed by atoms with E-state index in [1.165, 1.54) is 11.3 Å². The summed E-state index contributed by atoms with van der Waals surface area (Å²) in [7, 11) is 1.64. The molecule has 0 aromatic carbocycles. The van der Waals surface area contributed by atoms with Crippen molar-refractivity contribution >= 4 is 28.4 Å². The van der Waals surface area contributed by atoms with E-state index in [9.17, 15) is 9.59 Å². The number of nitrogens with zero attached hydrogens (tertiary/aromatic N) is 3. The van der Waals surface area contributed by atoms with E-state index < -0.39 is 0 Å². The molecule has 0 atom stereocenters. The third-order valence-electron chi connectivity index (χ3n) is 2.97. The van der Waals surface area contributed by atoms with E-state index in [0.717, 1.165) is 0 Å². The number of nitrogens with one attached hydrogen (secondary N) is 2. The van der Waals surface area contributed by atoms with Gasteiger partial charge in [0.15, 0.2) is 0 Å². The zero-order chi connectivity index (χ0) is 13.0. The van der Waals surface area contributed by atoms with Crippen LogP contribution in [0, 0.1) is 5.92 Å². The third-order valence-corrected chi connectivity index (χ3v) is 3.58. The molecule has 2 rings (SSSR count). The number of amides is 3. The summed E-state index contributed by atoms with van der Waals surface area (Å²) >= 11 is 1.28. The van der Waals surface area contributed by atoms with Crippen LogP contribution in [0.5, 0.6) is 0 Å². The average Bonchev–Trinajstić information content (AvgIpc) is 2.91. The van der Waals surface area contributed by atoms with Gasteiger partial charge in [-0.05, 0) is 12.8 Å². The Hall–Kier alpha value is -1.70. The van der Waals surface area contributed by atoms with E-state index in [4.69, 9.17) is 0 Å². The van der Waals surface area contributed by atoms with Crippen molar-refractivity contribution in [3.8, 4) is 0 Å². The molecule has 1 saturated heterocycles. The van der Waals surface area contributed by atoms with Crippen molar-refractivity contribution < 1.29 is 9.59 Å². The van der Waals surface area contributed by atoms with Crippen LogP contribution < -0.4 is 10.6 Å². The number of likely N-dealkylation sites (tertiary alicyclic amines) is 1. The van der Waals surface area contributed by atoms with Gasteiger partial charge in [0.25, 0.3) is 0 Å². The van der Waals surface area contributed by atoms with Gasteiger partial charge in [0, 0.05) is 26.1 Å². The summed E-state index contributed by atoms with van der Waals surface area (Å²) in [6, 6.07) is -0.179. The first-order valence-electron chi connectivity index (χ1n) is 5.74. The molecule has 1 aromatic rings. The smallest absolute Gasteiger partial charge is 0.323 e. The van der Waals surface area contributed by atoms with Crippen LogP contribution in [0.3, 0.4) is 0 Å². The fourth-order valence-corrected chi connectivity index (χ4v) is 2.38. The molecule has 0 aliphatic carbocycles. The Bertz CT molecular complexity index is 414. The molecule has 98 valence electrons. The van der Waals surface area contributed by atoms with E-state index in [0.29, 0.717) is 31.1 Å². The maximum atomic E-state index is 11.9. The fourth-order valence-electron chi connectivity index (χ4n) is 1.95. The van der Waals surface area contributed by atoms with E-state index >= 15 is 0 Å². The molecule has 2 heterocycles. The normalized spacial score (nSPS) is 16.4. The van der Waals surface area contributed by atoms with Crippen LogP contribution >= 0.6 is 11.3 Å². The summed E-state index contributed by atoms with van der Waals surface area (Å²) in [5.41, 5.74) is 1.56. The molecular formula is C10H15N5O2S. The van der Waals surface area contributed by atoms with Gasteiger partial charge in [-0.3, -0.25) is 10.1 Å². The molecule has 1 aromatic heterocycles. The lowest BCUT2D eigenvalue weighted by atomic mass is 9.96. The summed E-state index contributed by atoms with van der Waals surface area (Å²) in [4.78, 5) is 25.0. The third kappa shape index (κ3) is 2.95. The van der Waals surface area contributed by atoms with Crippen LogP contribution in [-0.2, 0) is 4.79 Å². The topological polar surface area (TPSA) is 87.2 Å². The second-order valence-electron chi connectivity index (χ2n) is 4.05. The summed E-state index contributed by atoms with van der Waals surface area (Å²) in [5, 5.41) is 13.2. The fraction of sp³-hybridized carbons (Fsp3) is 0.600. The monoisotopic (exact) mass is 269 g/mol. The van der Waals surface area contributed by atoms with Gasteiger partial charge >= 0.3 is 6.03 Å². The van der Waals surface area contributed by atoms with Gasteiger partial charge < -0.3 is 10.2 Å². The minimum atomic E-state index is -0.179. The Balaban J connectivity index is 1.82. The first-order valence-corrected chi connectivity index (χ1v) is 6.62. The largest absolute Gasteiger partial charge is 0.359 e. The number of rotatable bonds is 2. The van der Waals surface area contributed by atoms with Gasteiger partial charge in [-0.25, -0.2) is 4.79 Å².